The van der Waals surface area contributed by atoms with Crippen LogP contribution in [-0.4, -0.2) is 48.8 Å². The zero-order valence-electron chi connectivity index (χ0n) is 29.6. The minimum Gasteiger partial charge on any atom is -0.497 e. The molecule has 0 amide bonds. The first-order valence-corrected chi connectivity index (χ1v) is 16.6. The lowest BCUT2D eigenvalue weighted by Crippen LogP contribution is -2.28. The summed E-state index contributed by atoms with van der Waals surface area (Å²) in [4.78, 5) is 47.2. The van der Waals surface area contributed by atoms with Crippen molar-refractivity contribution in [2.24, 2.45) is 0 Å². The van der Waals surface area contributed by atoms with Gasteiger partial charge in [0.15, 0.2) is 11.3 Å². The van der Waals surface area contributed by atoms with Crippen LogP contribution >= 0.6 is 0 Å². The van der Waals surface area contributed by atoms with E-state index in [1.165, 1.54) is 29.5 Å². The van der Waals surface area contributed by atoms with Gasteiger partial charge in [0, 0.05) is 25.2 Å². The molecule has 0 fully saturated rings. The molecule has 3 N–H and O–H groups in total. The van der Waals surface area contributed by atoms with Crippen molar-refractivity contribution < 1.29 is 19.5 Å². The third kappa shape index (κ3) is 8.34. The van der Waals surface area contributed by atoms with Crippen LogP contribution in [0.4, 0.5) is 11.4 Å². The number of nitrogens with one attached hydrogen (secondary N) is 2. The van der Waals surface area contributed by atoms with Gasteiger partial charge in [0.1, 0.15) is 30.8 Å². The largest absolute Gasteiger partial charge is 0.497 e. The Bertz CT molecular complexity index is 2450. The van der Waals surface area contributed by atoms with E-state index in [1.807, 2.05) is 85.8 Å². The standard InChI is InChI=1S/C23H22N4O3.C16H16N4O3/c1-16-22-20(24-13-17-8-10-19(29-2)11-9-17)12-21(28)27(23(22)26-15-25-16)30-14-18-6-4-3-5-7-18;1-10-15-13(7-14(21)20(22)16(15)19-9-18-10)17-8-11-3-5-12(23-2)6-4-11/h3-12,15,24H,13-14H2,1-2H3;3-7,9,17,22H,8H2,1-2H3. The summed E-state index contributed by atoms with van der Waals surface area (Å²) in [7, 11) is 3.25. The maximum atomic E-state index is 12.8. The molecule has 0 saturated carbocycles. The highest BCUT2D eigenvalue weighted by atomic mass is 16.7. The third-order valence-corrected chi connectivity index (χ3v) is 8.40. The number of aromatic nitrogens is 6. The monoisotopic (exact) mass is 714 g/mol. The lowest BCUT2D eigenvalue weighted by atomic mass is 10.2. The van der Waals surface area contributed by atoms with Crippen molar-refractivity contribution in [2.45, 2.75) is 33.5 Å². The van der Waals surface area contributed by atoms with Crippen molar-refractivity contribution in [2.75, 3.05) is 24.9 Å². The van der Waals surface area contributed by atoms with Crippen molar-refractivity contribution in [1.82, 2.24) is 29.4 Å². The fourth-order valence-electron chi connectivity index (χ4n) is 5.59. The van der Waals surface area contributed by atoms with Crippen LogP contribution in [0.3, 0.4) is 0 Å². The summed E-state index contributed by atoms with van der Waals surface area (Å²) in [6, 6.07) is 27.9. The summed E-state index contributed by atoms with van der Waals surface area (Å²) in [5.74, 6) is 1.58. The first-order valence-electron chi connectivity index (χ1n) is 16.6. The summed E-state index contributed by atoms with van der Waals surface area (Å²) in [5.41, 5.74) is 5.51. The highest BCUT2D eigenvalue weighted by Crippen LogP contribution is 2.24. The molecular formula is C39H38N8O6. The van der Waals surface area contributed by atoms with Gasteiger partial charge in [-0.1, -0.05) is 54.6 Å². The maximum Gasteiger partial charge on any atom is 0.287 e. The third-order valence-electron chi connectivity index (χ3n) is 8.40. The molecule has 14 heteroatoms. The Balaban J connectivity index is 0.000000188. The summed E-state index contributed by atoms with van der Waals surface area (Å²) < 4.78 is 12.1. The zero-order chi connectivity index (χ0) is 37.3. The lowest BCUT2D eigenvalue weighted by molar-refractivity contribution is 0.0979. The molecule has 4 heterocycles. The Morgan fingerprint density at radius 3 is 1.64 bits per heavy atom. The van der Waals surface area contributed by atoms with Crippen LogP contribution in [-0.2, 0) is 19.7 Å². The molecule has 7 aromatic rings. The Labute approximate surface area is 304 Å². The molecular weight excluding hydrogens is 676 g/mol. The van der Waals surface area contributed by atoms with Crippen LogP contribution in [0.1, 0.15) is 28.1 Å². The Morgan fingerprint density at radius 1 is 0.623 bits per heavy atom. The van der Waals surface area contributed by atoms with E-state index >= 15 is 0 Å². The number of benzene rings is 3. The van der Waals surface area contributed by atoms with Gasteiger partial charge < -0.3 is 30.2 Å². The highest BCUT2D eigenvalue weighted by Gasteiger charge is 2.15. The van der Waals surface area contributed by atoms with E-state index in [1.54, 1.807) is 21.1 Å². The second-order valence-corrected chi connectivity index (χ2v) is 11.9. The molecule has 0 aliphatic carbocycles. The van der Waals surface area contributed by atoms with Gasteiger partial charge in [0.05, 0.1) is 47.8 Å². The first kappa shape index (κ1) is 35.9. The van der Waals surface area contributed by atoms with E-state index < -0.39 is 5.56 Å². The van der Waals surface area contributed by atoms with Crippen LogP contribution < -0.4 is 36.1 Å². The molecule has 3 aromatic carbocycles. The fraction of sp³-hybridized carbons (Fsp3) is 0.179. The molecule has 0 bridgehead atoms. The van der Waals surface area contributed by atoms with Crippen molar-refractivity contribution in [1.29, 1.82) is 0 Å². The Hall–Kier alpha value is -6.96. The number of methoxy groups -OCH3 is 2. The molecule has 270 valence electrons. The van der Waals surface area contributed by atoms with Crippen LogP contribution in [0, 0.1) is 13.8 Å². The van der Waals surface area contributed by atoms with Gasteiger partial charge in [-0.25, -0.2) is 19.9 Å². The molecule has 0 radical (unpaired) electrons. The summed E-state index contributed by atoms with van der Waals surface area (Å²) in [6.45, 7) is 5.00. The molecule has 0 unspecified atom stereocenters. The quantitative estimate of drug-likeness (QED) is 0.148. The van der Waals surface area contributed by atoms with Crippen molar-refractivity contribution in [3.05, 3.63) is 152 Å². The number of rotatable bonds is 11. The van der Waals surface area contributed by atoms with E-state index in [4.69, 9.17) is 14.3 Å². The minimum atomic E-state index is -0.548. The van der Waals surface area contributed by atoms with Gasteiger partial charge in [-0.15, -0.1) is 9.46 Å². The van der Waals surface area contributed by atoms with Crippen LogP contribution in [0.15, 0.2) is 113 Å². The predicted molar refractivity (Wildman–Crippen MR) is 202 cm³/mol. The molecule has 0 atom stereocenters. The number of hydrogen-bond donors (Lipinski definition) is 3. The number of aryl methyl sites for hydroxylation is 2. The van der Waals surface area contributed by atoms with Crippen LogP contribution in [0.5, 0.6) is 11.5 Å². The molecule has 53 heavy (non-hydrogen) atoms. The van der Waals surface area contributed by atoms with Gasteiger partial charge in [0.2, 0.25) is 0 Å². The number of hydrogen-bond acceptors (Lipinski definition) is 12. The average molecular weight is 715 g/mol. The van der Waals surface area contributed by atoms with Crippen LogP contribution in [0.25, 0.3) is 22.1 Å². The lowest BCUT2D eigenvalue weighted by Gasteiger charge is -2.15. The molecule has 0 saturated heterocycles. The van der Waals surface area contributed by atoms with Crippen molar-refractivity contribution >= 4 is 33.4 Å². The number of fused-ring (bicyclic) bond motifs is 2. The number of anilines is 2. The van der Waals surface area contributed by atoms with Gasteiger partial charge in [-0.2, -0.15) is 0 Å². The van der Waals surface area contributed by atoms with Crippen molar-refractivity contribution in [3.8, 4) is 11.5 Å². The maximum absolute atomic E-state index is 12.8. The van der Waals surface area contributed by atoms with E-state index in [9.17, 15) is 14.8 Å². The second-order valence-electron chi connectivity index (χ2n) is 11.9. The SMILES string of the molecule is COc1ccc(CNc2cc(=O)n(O)c3ncnc(C)c23)cc1.COc1ccc(CNc2cc(=O)n(OCc3ccccc3)c3ncnc(C)c23)cc1. The molecule has 0 aliphatic heterocycles. The number of ether oxygens (including phenoxy) is 2. The Kier molecular flexibility index (Phi) is 11.1. The van der Waals surface area contributed by atoms with Gasteiger partial charge in [0.25, 0.3) is 11.1 Å². The predicted octanol–water partition coefficient (Wildman–Crippen LogP) is 5.31. The Morgan fingerprint density at radius 2 is 1.11 bits per heavy atom. The molecule has 0 spiro atoms. The van der Waals surface area contributed by atoms with E-state index in [0.29, 0.717) is 45.9 Å². The second kappa shape index (κ2) is 16.4. The van der Waals surface area contributed by atoms with E-state index in [-0.39, 0.29) is 17.8 Å². The summed E-state index contributed by atoms with van der Waals surface area (Å²) in [6.07, 6.45) is 2.75. The molecule has 0 aliphatic rings. The topological polar surface area (TPSA) is 168 Å². The zero-order valence-corrected chi connectivity index (χ0v) is 29.6. The van der Waals surface area contributed by atoms with E-state index in [2.05, 4.69) is 30.6 Å². The number of pyridine rings is 2. The van der Waals surface area contributed by atoms with Crippen molar-refractivity contribution in [3.63, 3.8) is 0 Å². The molecule has 14 nitrogen and oxygen atoms in total. The van der Waals surface area contributed by atoms with Crippen LogP contribution in [0.2, 0.25) is 0 Å². The fourth-order valence-corrected chi connectivity index (χ4v) is 5.59. The first-order chi connectivity index (χ1) is 25.7. The summed E-state index contributed by atoms with van der Waals surface area (Å²) >= 11 is 0. The summed E-state index contributed by atoms with van der Waals surface area (Å²) in [5, 5.41) is 17.7. The van der Waals surface area contributed by atoms with Gasteiger partial charge in [-0.3, -0.25) is 9.59 Å². The smallest absolute Gasteiger partial charge is 0.287 e. The van der Waals surface area contributed by atoms with E-state index in [0.717, 1.165) is 39.3 Å². The highest BCUT2D eigenvalue weighted by molar-refractivity contribution is 5.91. The number of nitrogens with zero attached hydrogens (tertiary/aromatic N) is 6. The van der Waals surface area contributed by atoms with Gasteiger partial charge in [-0.05, 0) is 54.8 Å². The average Bonchev–Trinajstić information content (AvgIpc) is 3.18. The van der Waals surface area contributed by atoms with Gasteiger partial charge >= 0.3 is 0 Å². The minimum absolute atomic E-state index is 0.183. The normalized spacial score (nSPS) is 10.7. The molecule has 7 rings (SSSR count). The molecule has 4 aromatic heterocycles.